The molecule has 0 aliphatic heterocycles. The SMILES string of the molecule is COc1ccc2[nH]c(=S)sc2c1.[Zn]. The number of benzene rings is 1. The van der Waals surface area contributed by atoms with E-state index < -0.39 is 0 Å². The first-order chi connectivity index (χ1) is 5.79. The number of fused-ring (bicyclic) bond motifs is 1. The number of aromatic amines is 1. The molecule has 0 saturated carbocycles. The molecule has 1 aromatic carbocycles. The van der Waals surface area contributed by atoms with Crippen molar-refractivity contribution in [1.82, 2.24) is 4.98 Å². The van der Waals surface area contributed by atoms with Crippen molar-refractivity contribution in [3.05, 3.63) is 22.2 Å². The molecular formula is C8H7NOS2Zn. The van der Waals surface area contributed by atoms with Crippen LogP contribution < -0.4 is 4.74 Å². The van der Waals surface area contributed by atoms with Crippen LogP contribution in [0.3, 0.4) is 0 Å². The Morgan fingerprint density at radius 2 is 2.23 bits per heavy atom. The number of aromatic nitrogens is 1. The molecule has 0 atom stereocenters. The predicted molar refractivity (Wildman–Crippen MR) is 53.6 cm³/mol. The van der Waals surface area contributed by atoms with Crippen molar-refractivity contribution >= 4 is 33.8 Å². The standard InChI is InChI=1S/C8H7NOS2.Zn/c1-10-5-2-3-6-7(4-5)12-8(11)9-6;/h2-4H,1H3,(H,9,11);. The van der Waals surface area contributed by atoms with Crippen LogP contribution in [-0.4, -0.2) is 12.1 Å². The van der Waals surface area contributed by atoms with Crippen LogP contribution in [-0.2, 0) is 19.5 Å². The number of nitrogens with one attached hydrogen (secondary N) is 1. The molecule has 13 heavy (non-hydrogen) atoms. The molecular weight excluding hydrogens is 256 g/mol. The van der Waals surface area contributed by atoms with Crippen LogP contribution in [0.5, 0.6) is 5.75 Å². The van der Waals surface area contributed by atoms with Gasteiger partial charge < -0.3 is 9.72 Å². The molecule has 2 rings (SSSR count). The van der Waals surface area contributed by atoms with Gasteiger partial charge in [-0.2, -0.15) is 0 Å². The molecule has 0 unspecified atom stereocenters. The van der Waals surface area contributed by atoms with E-state index in [1.54, 1.807) is 18.4 Å². The largest absolute Gasteiger partial charge is 0.497 e. The quantitative estimate of drug-likeness (QED) is 0.631. The number of H-pyrrole nitrogens is 1. The van der Waals surface area contributed by atoms with E-state index in [4.69, 9.17) is 17.0 Å². The smallest absolute Gasteiger partial charge is 0.159 e. The zero-order valence-corrected chi connectivity index (χ0v) is 11.8. The average molecular weight is 263 g/mol. The number of ether oxygens (including phenoxy) is 1. The minimum absolute atomic E-state index is 0. The summed E-state index contributed by atoms with van der Waals surface area (Å²) in [7, 11) is 1.66. The van der Waals surface area contributed by atoms with E-state index >= 15 is 0 Å². The van der Waals surface area contributed by atoms with Gasteiger partial charge in [-0.25, -0.2) is 0 Å². The average Bonchev–Trinajstić information content (AvgIpc) is 2.43. The Balaban J connectivity index is 0.000000845. The third-order valence-corrected chi connectivity index (χ3v) is 2.83. The van der Waals surface area contributed by atoms with Crippen LogP contribution in [0.4, 0.5) is 0 Å². The predicted octanol–water partition coefficient (Wildman–Crippen LogP) is 2.96. The van der Waals surface area contributed by atoms with E-state index in [1.165, 1.54) is 0 Å². The molecule has 1 heterocycles. The molecule has 0 spiro atoms. The van der Waals surface area contributed by atoms with E-state index in [-0.39, 0.29) is 19.5 Å². The van der Waals surface area contributed by atoms with E-state index in [0.29, 0.717) is 0 Å². The van der Waals surface area contributed by atoms with E-state index in [0.717, 1.165) is 19.9 Å². The van der Waals surface area contributed by atoms with Crippen molar-refractivity contribution in [2.45, 2.75) is 0 Å². The second-order valence-electron chi connectivity index (χ2n) is 2.38. The summed E-state index contributed by atoms with van der Waals surface area (Å²) in [6, 6.07) is 5.87. The maximum atomic E-state index is 5.09. The second-order valence-corrected chi connectivity index (χ2v) is 4.10. The Kier molecular flexibility index (Phi) is 3.59. The van der Waals surface area contributed by atoms with Gasteiger partial charge in [0.25, 0.3) is 0 Å². The van der Waals surface area contributed by atoms with E-state index in [1.807, 2.05) is 18.2 Å². The first kappa shape index (κ1) is 10.8. The monoisotopic (exact) mass is 261 g/mol. The van der Waals surface area contributed by atoms with Crippen LogP contribution in [0.15, 0.2) is 18.2 Å². The molecule has 5 heteroatoms. The zero-order chi connectivity index (χ0) is 8.55. The summed E-state index contributed by atoms with van der Waals surface area (Å²) < 4.78 is 7.03. The van der Waals surface area contributed by atoms with Crippen molar-refractivity contribution in [1.29, 1.82) is 0 Å². The molecule has 0 aliphatic rings. The fraction of sp³-hybridized carbons (Fsp3) is 0.125. The molecule has 0 saturated heterocycles. The third-order valence-electron chi connectivity index (χ3n) is 1.63. The summed E-state index contributed by atoms with van der Waals surface area (Å²) in [5, 5.41) is 0. The summed E-state index contributed by atoms with van der Waals surface area (Å²) >= 11 is 6.58. The molecule has 64 valence electrons. The third kappa shape index (κ3) is 2.16. The van der Waals surface area contributed by atoms with Crippen molar-refractivity contribution < 1.29 is 24.2 Å². The zero-order valence-electron chi connectivity index (χ0n) is 7.16. The number of hydrogen-bond acceptors (Lipinski definition) is 3. The van der Waals surface area contributed by atoms with Gasteiger partial charge in [0.2, 0.25) is 0 Å². The minimum atomic E-state index is 0. The molecule has 0 amide bonds. The van der Waals surface area contributed by atoms with Gasteiger partial charge >= 0.3 is 0 Å². The number of thiazole rings is 1. The summed E-state index contributed by atoms with van der Waals surface area (Å²) in [5.74, 6) is 0.868. The molecule has 0 bridgehead atoms. The van der Waals surface area contributed by atoms with Crippen LogP contribution in [0.25, 0.3) is 10.2 Å². The van der Waals surface area contributed by atoms with Gasteiger partial charge in [-0.05, 0) is 30.4 Å². The van der Waals surface area contributed by atoms with Gasteiger partial charge in [0, 0.05) is 19.5 Å². The van der Waals surface area contributed by atoms with E-state index in [2.05, 4.69) is 4.98 Å². The van der Waals surface area contributed by atoms with Crippen LogP contribution in [0.2, 0.25) is 0 Å². The van der Waals surface area contributed by atoms with Gasteiger partial charge in [-0.15, -0.1) is 11.3 Å². The summed E-state index contributed by atoms with van der Waals surface area (Å²) in [4.78, 5) is 3.09. The number of hydrogen-bond donors (Lipinski definition) is 1. The Morgan fingerprint density at radius 3 is 2.92 bits per heavy atom. The van der Waals surface area contributed by atoms with Gasteiger partial charge in [0.15, 0.2) is 3.95 Å². The van der Waals surface area contributed by atoms with Crippen molar-refractivity contribution in [3.8, 4) is 5.75 Å². The molecule has 1 N–H and O–H groups in total. The van der Waals surface area contributed by atoms with Crippen molar-refractivity contribution in [2.75, 3.05) is 7.11 Å². The minimum Gasteiger partial charge on any atom is -0.497 e. The maximum Gasteiger partial charge on any atom is 0.159 e. The normalized spacial score (nSPS) is 9.62. The van der Waals surface area contributed by atoms with Gasteiger partial charge in [-0.3, -0.25) is 0 Å². The number of methoxy groups -OCH3 is 1. The maximum absolute atomic E-state index is 5.09. The molecule has 2 aromatic rings. The van der Waals surface area contributed by atoms with Crippen molar-refractivity contribution in [2.24, 2.45) is 0 Å². The van der Waals surface area contributed by atoms with Crippen LogP contribution >= 0.6 is 23.6 Å². The van der Waals surface area contributed by atoms with Crippen LogP contribution in [0, 0.1) is 3.95 Å². The topological polar surface area (TPSA) is 25.0 Å². The van der Waals surface area contributed by atoms with Gasteiger partial charge in [0.1, 0.15) is 5.75 Å². The fourth-order valence-electron chi connectivity index (χ4n) is 1.05. The molecule has 1 aromatic heterocycles. The van der Waals surface area contributed by atoms with Gasteiger partial charge in [0.05, 0.1) is 17.3 Å². The molecule has 0 aliphatic carbocycles. The first-order valence-corrected chi connectivity index (χ1v) is 4.69. The molecule has 0 radical (unpaired) electrons. The Morgan fingerprint density at radius 1 is 1.46 bits per heavy atom. The van der Waals surface area contributed by atoms with Crippen molar-refractivity contribution in [3.63, 3.8) is 0 Å². The van der Waals surface area contributed by atoms with E-state index in [9.17, 15) is 0 Å². The van der Waals surface area contributed by atoms with Gasteiger partial charge in [-0.1, -0.05) is 0 Å². The number of rotatable bonds is 1. The van der Waals surface area contributed by atoms with Crippen LogP contribution in [0.1, 0.15) is 0 Å². The Bertz CT molecular complexity index is 462. The Labute approximate surface area is 97.7 Å². The summed E-state index contributed by atoms with van der Waals surface area (Å²) in [6.45, 7) is 0. The first-order valence-electron chi connectivity index (χ1n) is 3.46. The Hall–Kier alpha value is -0.247. The molecule has 2 nitrogen and oxygen atoms in total. The summed E-state index contributed by atoms with van der Waals surface area (Å²) in [5.41, 5.74) is 1.07. The molecule has 0 fully saturated rings. The summed E-state index contributed by atoms with van der Waals surface area (Å²) in [6.07, 6.45) is 0. The fourth-order valence-corrected chi connectivity index (χ4v) is 2.20. The second kappa shape index (κ2) is 4.31.